The predicted octanol–water partition coefficient (Wildman–Crippen LogP) is 5.90. The van der Waals surface area contributed by atoms with Crippen molar-refractivity contribution in [2.24, 2.45) is 5.92 Å². The Kier molecular flexibility index (Phi) is 6.45. The van der Waals surface area contributed by atoms with E-state index in [0.717, 1.165) is 5.56 Å². The molecule has 158 valence electrons. The lowest BCUT2D eigenvalue weighted by Crippen LogP contribution is -2.18. The summed E-state index contributed by atoms with van der Waals surface area (Å²) >= 11 is 6.24. The Morgan fingerprint density at radius 3 is 2.14 bits per heavy atom. The third kappa shape index (κ3) is 5.43. The highest BCUT2D eigenvalue weighted by Gasteiger charge is 2.37. The highest BCUT2D eigenvalue weighted by atomic mass is 35.5. The topological polar surface area (TPSA) is 21.3 Å². The molecule has 0 aromatic heterocycles. The van der Waals surface area contributed by atoms with Crippen LogP contribution in [0.4, 0.5) is 26.3 Å². The number of alkyl halides is 6. The first-order valence-corrected chi connectivity index (χ1v) is 9.25. The smallest absolute Gasteiger partial charge is 0.376 e. The maximum atomic E-state index is 13.0. The fourth-order valence-electron chi connectivity index (χ4n) is 3.48. The molecule has 0 saturated carbocycles. The summed E-state index contributed by atoms with van der Waals surface area (Å²) in [6.45, 7) is 1.12. The number of benzene rings is 2. The minimum Gasteiger partial charge on any atom is -0.376 e. The van der Waals surface area contributed by atoms with Crippen LogP contribution in [0.2, 0.25) is 5.02 Å². The molecule has 0 unspecified atom stereocenters. The first-order chi connectivity index (χ1) is 13.6. The zero-order valence-corrected chi connectivity index (χ0v) is 15.8. The van der Waals surface area contributed by atoms with E-state index in [1.54, 1.807) is 6.07 Å². The van der Waals surface area contributed by atoms with E-state index < -0.39 is 23.5 Å². The zero-order chi connectivity index (χ0) is 21.2. The number of rotatable bonds is 5. The summed E-state index contributed by atoms with van der Waals surface area (Å²) in [7, 11) is 0. The Morgan fingerprint density at radius 2 is 1.55 bits per heavy atom. The fourth-order valence-corrected chi connectivity index (χ4v) is 3.75. The summed E-state index contributed by atoms with van der Waals surface area (Å²) < 4.78 is 83.2. The minimum atomic E-state index is -4.87. The number of halogens is 7. The van der Waals surface area contributed by atoms with Crippen LogP contribution in [0.15, 0.2) is 42.5 Å². The van der Waals surface area contributed by atoms with Crippen molar-refractivity contribution in [3.63, 3.8) is 0 Å². The third-order valence-electron chi connectivity index (χ3n) is 4.89. The van der Waals surface area contributed by atoms with Crippen LogP contribution in [0.3, 0.4) is 0 Å². The number of hydrogen-bond donors (Lipinski definition) is 1. The van der Waals surface area contributed by atoms with Gasteiger partial charge in [0.2, 0.25) is 0 Å². The molecule has 2 aromatic carbocycles. The third-order valence-corrected chi connectivity index (χ3v) is 5.24. The SMILES string of the molecule is FC(F)(F)c1cc(COC[C@H]2CNC[C@H]2c2ccccc2Cl)cc(C(F)(F)F)c1. The van der Waals surface area contributed by atoms with E-state index >= 15 is 0 Å². The lowest BCUT2D eigenvalue weighted by molar-refractivity contribution is -0.143. The molecule has 1 heterocycles. The highest BCUT2D eigenvalue weighted by molar-refractivity contribution is 6.31. The van der Waals surface area contributed by atoms with Crippen molar-refractivity contribution in [3.05, 3.63) is 69.7 Å². The normalized spacial score (nSPS) is 20.2. The second kappa shape index (κ2) is 8.53. The highest BCUT2D eigenvalue weighted by Crippen LogP contribution is 2.37. The van der Waals surface area contributed by atoms with E-state index in [9.17, 15) is 26.3 Å². The molecule has 2 atom stereocenters. The quantitative estimate of drug-likeness (QED) is 0.588. The average Bonchev–Trinajstić information content (AvgIpc) is 3.09. The lowest BCUT2D eigenvalue weighted by Gasteiger charge is -2.20. The van der Waals surface area contributed by atoms with Gasteiger partial charge >= 0.3 is 12.4 Å². The molecule has 29 heavy (non-hydrogen) atoms. The van der Waals surface area contributed by atoms with Gasteiger partial charge in [-0.2, -0.15) is 26.3 Å². The van der Waals surface area contributed by atoms with Crippen molar-refractivity contribution in [1.29, 1.82) is 0 Å². The molecule has 1 aliphatic rings. The Bertz CT molecular complexity index is 819. The van der Waals surface area contributed by atoms with Gasteiger partial charge in [0, 0.05) is 29.9 Å². The monoisotopic (exact) mass is 437 g/mol. The van der Waals surface area contributed by atoms with Crippen LogP contribution in [-0.4, -0.2) is 19.7 Å². The zero-order valence-electron chi connectivity index (χ0n) is 15.1. The van der Waals surface area contributed by atoms with E-state index in [-0.39, 0.29) is 36.7 Å². The summed E-state index contributed by atoms with van der Waals surface area (Å²) in [6.07, 6.45) is -9.75. The molecule has 1 saturated heterocycles. The molecular formula is C20H18ClF6NO. The average molecular weight is 438 g/mol. The van der Waals surface area contributed by atoms with Gasteiger partial charge in [0.05, 0.1) is 24.3 Å². The molecule has 1 N–H and O–H groups in total. The molecule has 9 heteroatoms. The van der Waals surface area contributed by atoms with Crippen molar-refractivity contribution in [2.45, 2.75) is 24.9 Å². The largest absolute Gasteiger partial charge is 0.416 e. The van der Waals surface area contributed by atoms with Gasteiger partial charge in [-0.15, -0.1) is 0 Å². The van der Waals surface area contributed by atoms with Gasteiger partial charge < -0.3 is 10.1 Å². The van der Waals surface area contributed by atoms with E-state index in [1.165, 1.54) is 0 Å². The standard InChI is InChI=1S/C20H18ClF6NO/c21-18-4-2-1-3-16(18)17-9-28-8-13(17)11-29-10-12-5-14(19(22,23)24)7-15(6-12)20(25,26)27/h1-7,13,17,28H,8-11H2/t13-,17-/m1/s1. The van der Waals surface area contributed by atoms with Gasteiger partial charge in [-0.1, -0.05) is 29.8 Å². The number of hydrogen-bond acceptors (Lipinski definition) is 2. The van der Waals surface area contributed by atoms with Gasteiger partial charge in [0.15, 0.2) is 0 Å². The maximum absolute atomic E-state index is 13.0. The first-order valence-electron chi connectivity index (χ1n) is 8.87. The van der Waals surface area contributed by atoms with E-state index in [1.807, 2.05) is 18.2 Å². The van der Waals surface area contributed by atoms with Crippen molar-refractivity contribution in [2.75, 3.05) is 19.7 Å². The number of ether oxygens (including phenoxy) is 1. The first kappa shape index (κ1) is 21.9. The minimum absolute atomic E-state index is 0.00258. The molecule has 0 bridgehead atoms. The molecule has 0 radical (unpaired) electrons. The summed E-state index contributed by atoms with van der Waals surface area (Å²) in [6, 6.07) is 8.83. The Morgan fingerprint density at radius 1 is 0.931 bits per heavy atom. The van der Waals surface area contributed by atoms with Crippen LogP contribution >= 0.6 is 11.6 Å². The van der Waals surface area contributed by atoms with Crippen molar-refractivity contribution >= 4 is 11.6 Å². The predicted molar refractivity (Wildman–Crippen MR) is 96.7 cm³/mol. The van der Waals surface area contributed by atoms with Crippen LogP contribution in [0.25, 0.3) is 0 Å². The molecule has 1 aliphatic heterocycles. The Balaban J connectivity index is 1.70. The van der Waals surface area contributed by atoms with Crippen molar-refractivity contribution in [3.8, 4) is 0 Å². The summed E-state index contributed by atoms with van der Waals surface area (Å²) in [5.74, 6) is 0.0544. The van der Waals surface area contributed by atoms with Gasteiger partial charge in [-0.05, 0) is 35.4 Å². The van der Waals surface area contributed by atoms with E-state index in [0.29, 0.717) is 30.2 Å². The second-order valence-electron chi connectivity index (χ2n) is 6.98. The fraction of sp³-hybridized carbons (Fsp3) is 0.400. The Labute approximate surface area is 168 Å². The van der Waals surface area contributed by atoms with Gasteiger partial charge in [0.1, 0.15) is 0 Å². The van der Waals surface area contributed by atoms with Crippen LogP contribution in [-0.2, 0) is 23.7 Å². The number of nitrogens with one attached hydrogen (secondary N) is 1. The van der Waals surface area contributed by atoms with Gasteiger partial charge in [-0.3, -0.25) is 0 Å². The van der Waals surface area contributed by atoms with Crippen LogP contribution in [0, 0.1) is 5.92 Å². The summed E-state index contributed by atoms with van der Waals surface area (Å²) in [4.78, 5) is 0. The second-order valence-corrected chi connectivity index (χ2v) is 7.38. The van der Waals surface area contributed by atoms with Crippen LogP contribution in [0.1, 0.15) is 28.2 Å². The van der Waals surface area contributed by atoms with Crippen LogP contribution in [0.5, 0.6) is 0 Å². The maximum Gasteiger partial charge on any atom is 0.416 e. The van der Waals surface area contributed by atoms with E-state index in [2.05, 4.69) is 5.32 Å². The van der Waals surface area contributed by atoms with Crippen molar-refractivity contribution in [1.82, 2.24) is 5.32 Å². The Hall–Kier alpha value is -1.77. The molecular weight excluding hydrogens is 420 g/mol. The van der Waals surface area contributed by atoms with Gasteiger partial charge in [-0.25, -0.2) is 0 Å². The molecule has 0 amide bonds. The van der Waals surface area contributed by atoms with E-state index in [4.69, 9.17) is 16.3 Å². The van der Waals surface area contributed by atoms with Gasteiger partial charge in [0.25, 0.3) is 0 Å². The molecule has 3 rings (SSSR count). The molecule has 1 fully saturated rings. The summed E-state index contributed by atoms with van der Waals surface area (Å²) in [5, 5.41) is 3.83. The van der Waals surface area contributed by atoms with Crippen LogP contribution < -0.4 is 5.32 Å². The lowest BCUT2D eigenvalue weighted by atomic mass is 9.89. The van der Waals surface area contributed by atoms with Crippen molar-refractivity contribution < 1.29 is 31.1 Å². The summed E-state index contributed by atoms with van der Waals surface area (Å²) in [5.41, 5.74) is -1.93. The molecule has 2 aromatic rings. The molecule has 0 aliphatic carbocycles. The molecule has 0 spiro atoms. The molecule has 2 nitrogen and oxygen atoms in total.